The second-order valence-electron chi connectivity index (χ2n) is 4.42. The number of nitrogens with zero attached hydrogens (tertiary/aromatic N) is 1. The van der Waals surface area contributed by atoms with E-state index in [1.807, 2.05) is 0 Å². The van der Waals surface area contributed by atoms with Gasteiger partial charge in [-0.25, -0.2) is 0 Å². The van der Waals surface area contributed by atoms with Gasteiger partial charge < -0.3 is 5.32 Å². The van der Waals surface area contributed by atoms with E-state index in [1.54, 1.807) is 24.3 Å². The molecule has 0 unspecified atom stereocenters. The molecular formula is C15H11ClF3N3S. The number of anilines is 1. The molecule has 0 aliphatic carbocycles. The monoisotopic (exact) mass is 357 g/mol. The first-order chi connectivity index (χ1) is 10.9. The third-order valence-corrected chi connectivity index (χ3v) is 3.14. The molecule has 0 saturated carbocycles. The third-order valence-electron chi connectivity index (χ3n) is 2.71. The molecule has 2 aromatic carbocycles. The number of nitrogens with one attached hydrogen (secondary N) is 2. The van der Waals surface area contributed by atoms with Crippen molar-refractivity contribution in [2.24, 2.45) is 5.10 Å². The van der Waals surface area contributed by atoms with Gasteiger partial charge in [0, 0.05) is 5.02 Å². The number of hydrogen-bond acceptors (Lipinski definition) is 2. The summed E-state index contributed by atoms with van der Waals surface area (Å²) >= 11 is 10.8. The van der Waals surface area contributed by atoms with Crippen molar-refractivity contribution < 1.29 is 13.2 Å². The van der Waals surface area contributed by atoms with Crippen molar-refractivity contribution in [1.29, 1.82) is 0 Å². The number of halogens is 4. The van der Waals surface area contributed by atoms with Crippen LogP contribution in [0.25, 0.3) is 0 Å². The normalized spacial score (nSPS) is 11.5. The summed E-state index contributed by atoms with van der Waals surface area (Å²) < 4.78 is 38.6. The highest BCUT2D eigenvalue weighted by atomic mass is 35.5. The number of thiocarbonyl (C=S) groups is 1. The molecule has 0 fully saturated rings. The molecule has 3 nitrogen and oxygen atoms in total. The molecule has 0 aromatic heterocycles. The first kappa shape index (κ1) is 17.2. The number of benzene rings is 2. The molecule has 2 N–H and O–H groups in total. The summed E-state index contributed by atoms with van der Waals surface area (Å²) in [6.45, 7) is 0. The Morgan fingerprint density at radius 2 is 1.87 bits per heavy atom. The summed E-state index contributed by atoms with van der Waals surface area (Å²) in [7, 11) is 0. The van der Waals surface area contributed by atoms with Crippen LogP contribution in [0.15, 0.2) is 53.6 Å². The first-order valence-corrected chi connectivity index (χ1v) is 7.17. The lowest BCUT2D eigenvalue weighted by Gasteiger charge is -2.14. The van der Waals surface area contributed by atoms with Crippen molar-refractivity contribution in [3.8, 4) is 0 Å². The molecule has 0 spiro atoms. The lowest BCUT2D eigenvalue weighted by Crippen LogP contribution is -2.25. The zero-order valence-corrected chi connectivity index (χ0v) is 13.1. The molecule has 23 heavy (non-hydrogen) atoms. The SMILES string of the molecule is FC(F)(F)c1ccccc1NC(=S)N/N=C\c1cccc(Cl)c1. The second kappa shape index (κ2) is 7.43. The van der Waals surface area contributed by atoms with Gasteiger partial charge in [0.15, 0.2) is 5.11 Å². The average molecular weight is 358 g/mol. The van der Waals surface area contributed by atoms with Gasteiger partial charge in [0.1, 0.15) is 0 Å². The summed E-state index contributed by atoms with van der Waals surface area (Å²) in [4.78, 5) is 0. The summed E-state index contributed by atoms with van der Waals surface area (Å²) in [5.41, 5.74) is 2.24. The number of hydrazone groups is 1. The number of para-hydroxylation sites is 1. The Labute approximate surface area is 141 Å². The zero-order valence-electron chi connectivity index (χ0n) is 11.6. The Bertz CT molecular complexity index is 732. The van der Waals surface area contributed by atoms with Crippen LogP contribution in [-0.4, -0.2) is 11.3 Å². The molecule has 0 aliphatic heterocycles. The maximum absolute atomic E-state index is 12.9. The number of alkyl halides is 3. The zero-order chi connectivity index (χ0) is 16.9. The molecule has 0 atom stereocenters. The number of hydrogen-bond donors (Lipinski definition) is 2. The number of rotatable bonds is 3. The van der Waals surface area contributed by atoms with E-state index in [-0.39, 0.29) is 10.8 Å². The van der Waals surface area contributed by atoms with Crippen LogP contribution in [-0.2, 0) is 6.18 Å². The van der Waals surface area contributed by atoms with Gasteiger partial charge in [-0.2, -0.15) is 18.3 Å². The van der Waals surface area contributed by atoms with Crippen LogP contribution in [0.3, 0.4) is 0 Å². The van der Waals surface area contributed by atoms with E-state index in [0.717, 1.165) is 11.6 Å². The average Bonchev–Trinajstić information content (AvgIpc) is 2.47. The fourth-order valence-corrected chi connectivity index (χ4v) is 2.10. The standard InChI is InChI=1S/C15H11ClF3N3S/c16-11-5-3-4-10(8-11)9-20-22-14(23)21-13-7-2-1-6-12(13)15(17,18)19/h1-9H,(H2,21,22,23)/b20-9-. The van der Waals surface area contributed by atoms with E-state index in [9.17, 15) is 13.2 Å². The van der Waals surface area contributed by atoms with Crippen molar-refractivity contribution in [2.45, 2.75) is 6.18 Å². The highest BCUT2D eigenvalue weighted by Crippen LogP contribution is 2.34. The van der Waals surface area contributed by atoms with Gasteiger partial charge in [0.25, 0.3) is 0 Å². The Balaban J connectivity index is 2.01. The van der Waals surface area contributed by atoms with Crippen molar-refractivity contribution in [1.82, 2.24) is 5.43 Å². The molecule has 2 rings (SSSR count). The topological polar surface area (TPSA) is 36.4 Å². The fraction of sp³-hybridized carbons (Fsp3) is 0.0667. The lowest BCUT2D eigenvalue weighted by atomic mass is 10.2. The predicted octanol–water partition coefficient (Wildman–Crippen LogP) is 4.68. The van der Waals surface area contributed by atoms with Gasteiger partial charge in [0.05, 0.1) is 17.5 Å². The summed E-state index contributed by atoms with van der Waals surface area (Å²) in [5, 5.41) is 6.82. The molecule has 0 heterocycles. The minimum absolute atomic E-state index is 0.0556. The quantitative estimate of drug-likeness (QED) is 0.476. The third kappa shape index (κ3) is 5.22. The largest absolute Gasteiger partial charge is 0.418 e. The van der Waals surface area contributed by atoms with Gasteiger partial charge in [-0.3, -0.25) is 5.43 Å². The molecular weight excluding hydrogens is 347 g/mol. The summed E-state index contributed by atoms with van der Waals surface area (Å²) in [6, 6.07) is 12.0. The predicted molar refractivity (Wildman–Crippen MR) is 89.8 cm³/mol. The Morgan fingerprint density at radius 1 is 1.13 bits per heavy atom. The van der Waals surface area contributed by atoms with E-state index < -0.39 is 11.7 Å². The lowest BCUT2D eigenvalue weighted by molar-refractivity contribution is -0.136. The molecule has 120 valence electrons. The van der Waals surface area contributed by atoms with Crippen LogP contribution in [0.1, 0.15) is 11.1 Å². The highest BCUT2D eigenvalue weighted by molar-refractivity contribution is 7.80. The molecule has 2 aromatic rings. The van der Waals surface area contributed by atoms with Crippen molar-refractivity contribution >= 4 is 40.8 Å². The summed E-state index contributed by atoms with van der Waals surface area (Å²) in [5.74, 6) is 0. The van der Waals surface area contributed by atoms with Crippen LogP contribution < -0.4 is 10.7 Å². The van der Waals surface area contributed by atoms with Gasteiger partial charge in [-0.15, -0.1) is 0 Å². The van der Waals surface area contributed by atoms with Crippen molar-refractivity contribution in [3.05, 3.63) is 64.7 Å². The molecule has 0 saturated heterocycles. The first-order valence-electron chi connectivity index (χ1n) is 6.38. The van der Waals surface area contributed by atoms with E-state index >= 15 is 0 Å². The summed E-state index contributed by atoms with van der Waals surface area (Å²) in [6.07, 6.45) is -3.02. The molecule has 0 bridgehead atoms. The van der Waals surface area contributed by atoms with Crippen LogP contribution in [0.2, 0.25) is 5.02 Å². The van der Waals surface area contributed by atoms with Crippen LogP contribution in [0, 0.1) is 0 Å². The second-order valence-corrected chi connectivity index (χ2v) is 5.27. The minimum atomic E-state index is -4.47. The Kier molecular flexibility index (Phi) is 5.57. The van der Waals surface area contributed by atoms with E-state index in [0.29, 0.717) is 5.02 Å². The van der Waals surface area contributed by atoms with Crippen LogP contribution in [0.5, 0.6) is 0 Å². The highest BCUT2D eigenvalue weighted by Gasteiger charge is 2.33. The van der Waals surface area contributed by atoms with E-state index in [4.69, 9.17) is 23.8 Å². The van der Waals surface area contributed by atoms with E-state index in [2.05, 4.69) is 15.8 Å². The van der Waals surface area contributed by atoms with Crippen molar-refractivity contribution in [2.75, 3.05) is 5.32 Å². The van der Waals surface area contributed by atoms with Gasteiger partial charge in [-0.05, 0) is 42.0 Å². The van der Waals surface area contributed by atoms with Gasteiger partial charge >= 0.3 is 6.18 Å². The minimum Gasteiger partial charge on any atom is -0.331 e. The van der Waals surface area contributed by atoms with Gasteiger partial charge in [0.2, 0.25) is 0 Å². The smallest absolute Gasteiger partial charge is 0.331 e. The van der Waals surface area contributed by atoms with Gasteiger partial charge in [-0.1, -0.05) is 35.9 Å². The molecule has 8 heteroatoms. The fourth-order valence-electron chi connectivity index (χ4n) is 1.74. The van der Waals surface area contributed by atoms with E-state index in [1.165, 1.54) is 24.4 Å². The molecule has 0 radical (unpaired) electrons. The Hall–Kier alpha value is -2.12. The van der Waals surface area contributed by atoms with Crippen LogP contribution in [0.4, 0.5) is 18.9 Å². The Morgan fingerprint density at radius 3 is 2.57 bits per heavy atom. The maximum atomic E-state index is 12.9. The maximum Gasteiger partial charge on any atom is 0.418 e. The van der Waals surface area contributed by atoms with Crippen LogP contribution >= 0.6 is 23.8 Å². The van der Waals surface area contributed by atoms with Crippen molar-refractivity contribution in [3.63, 3.8) is 0 Å². The molecule has 0 aliphatic rings. The molecule has 0 amide bonds.